The van der Waals surface area contributed by atoms with Gasteiger partial charge in [0.15, 0.2) is 0 Å². The molecule has 0 unspecified atom stereocenters. The topological polar surface area (TPSA) is 79.5 Å². The number of carbonyl (C=O) groups excluding carboxylic acids is 2. The summed E-state index contributed by atoms with van der Waals surface area (Å²) in [5.74, 6) is 0.356. The van der Waals surface area contributed by atoms with Crippen LogP contribution < -0.4 is 20.7 Å². The van der Waals surface area contributed by atoms with Crippen molar-refractivity contribution in [1.29, 1.82) is 0 Å². The Hall–Kier alpha value is -2.86. The summed E-state index contributed by atoms with van der Waals surface area (Å²) < 4.78 is 5.71. The lowest BCUT2D eigenvalue weighted by atomic mass is 10.2. The summed E-state index contributed by atoms with van der Waals surface area (Å²) in [4.78, 5) is 23.3. The maximum Gasteiger partial charge on any atom is 0.241 e. The molecule has 2 aromatic rings. The summed E-state index contributed by atoms with van der Waals surface area (Å²) in [6.07, 6.45) is 0. The summed E-state index contributed by atoms with van der Waals surface area (Å²) in [6.45, 7) is 2.29. The molecule has 0 fully saturated rings. The van der Waals surface area contributed by atoms with E-state index in [1.807, 2.05) is 30.3 Å². The average molecular weight is 341 g/mol. The van der Waals surface area contributed by atoms with Gasteiger partial charge in [0.1, 0.15) is 12.4 Å². The van der Waals surface area contributed by atoms with Gasteiger partial charge in [-0.1, -0.05) is 30.3 Å². The molecule has 0 saturated heterocycles. The van der Waals surface area contributed by atoms with Crippen LogP contribution in [0.5, 0.6) is 5.75 Å². The Morgan fingerprint density at radius 2 is 1.72 bits per heavy atom. The highest BCUT2D eigenvalue weighted by Gasteiger charge is 2.13. The van der Waals surface area contributed by atoms with Crippen LogP contribution in [0.4, 0.5) is 5.69 Å². The molecule has 0 saturated carbocycles. The normalized spacial score (nSPS) is 11.4. The van der Waals surface area contributed by atoms with Crippen LogP contribution in [0.25, 0.3) is 0 Å². The SMILES string of the molecule is CNC(=O)CN[C@@H](C)C(=O)Nc1ccc(OCc2ccccc2)cc1. The molecule has 0 aliphatic carbocycles. The number of amides is 2. The highest BCUT2D eigenvalue weighted by molar-refractivity contribution is 5.95. The molecule has 0 aliphatic heterocycles. The zero-order valence-electron chi connectivity index (χ0n) is 14.4. The Balaban J connectivity index is 1.81. The van der Waals surface area contributed by atoms with E-state index < -0.39 is 6.04 Å². The van der Waals surface area contributed by atoms with Crippen LogP contribution in [0.2, 0.25) is 0 Å². The molecule has 0 bridgehead atoms. The first kappa shape index (κ1) is 18.5. The summed E-state index contributed by atoms with van der Waals surface area (Å²) >= 11 is 0. The third-order valence-corrected chi connectivity index (χ3v) is 3.61. The number of likely N-dealkylation sites (N-methyl/N-ethyl adjacent to an activating group) is 1. The van der Waals surface area contributed by atoms with Crippen LogP contribution >= 0.6 is 0 Å². The molecule has 25 heavy (non-hydrogen) atoms. The van der Waals surface area contributed by atoms with E-state index in [9.17, 15) is 9.59 Å². The minimum absolute atomic E-state index is 0.0946. The van der Waals surface area contributed by atoms with Gasteiger partial charge in [-0.3, -0.25) is 14.9 Å². The van der Waals surface area contributed by atoms with E-state index >= 15 is 0 Å². The van der Waals surface area contributed by atoms with E-state index in [-0.39, 0.29) is 18.4 Å². The zero-order valence-corrected chi connectivity index (χ0v) is 14.4. The lowest BCUT2D eigenvalue weighted by Gasteiger charge is -2.14. The van der Waals surface area contributed by atoms with Crippen molar-refractivity contribution in [2.24, 2.45) is 0 Å². The largest absolute Gasteiger partial charge is 0.489 e. The molecule has 3 N–H and O–H groups in total. The third kappa shape index (κ3) is 6.27. The second kappa shape index (κ2) is 9.44. The second-order valence-corrected chi connectivity index (χ2v) is 5.56. The highest BCUT2D eigenvalue weighted by atomic mass is 16.5. The predicted molar refractivity (Wildman–Crippen MR) is 97.4 cm³/mol. The van der Waals surface area contributed by atoms with Gasteiger partial charge < -0.3 is 15.4 Å². The molecule has 2 amide bonds. The van der Waals surface area contributed by atoms with Crippen molar-refractivity contribution in [3.8, 4) is 5.75 Å². The van der Waals surface area contributed by atoms with Crippen LogP contribution in [0, 0.1) is 0 Å². The fourth-order valence-corrected chi connectivity index (χ4v) is 2.05. The van der Waals surface area contributed by atoms with Gasteiger partial charge in [0.25, 0.3) is 0 Å². The number of anilines is 1. The fraction of sp³-hybridized carbons (Fsp3) is 0.263. The Morgan fingerprint density at radius 1 is 1.04 bits per heavy atom. The van der Waals surface area contributed by atoms with Gasteiger partial charge in [-0.25, -0.2) is 0 Å². The molecular weight excluding hydrogens is 318 g/mol. The number of nitrogens with one attached hydrogen (secondary N) is 3. The number of benzene rings is 2. The maximum atomic E-state index is 12.1. The van der Waals surface area contributed by atoms with Crippen molar-refractivity contribution < 1.29 is 14.3 Å². The molecule has 0 spiro atoms. The molecule has 1 atom stereocenters. The third-order valence-electron chi connectivity index (χ3n) is 3.61. The van der Waals surface area contributed by atoms with Gasteiger partial charge in [-0.2, -0.15) is 0 Å². The van der Waals surface area contributed by atoms with E-state index in [4.69, 9.17) is 4.74 Å². The molecule has 0 aromatic heterocycles. The molecule has 2 aromatic carbocycles. The standard InChI is InChI=1S/C19H23N3O3/c1-14(21-12-18(23)20-2)19(24)22-16-8-10-17(11-9-16)25-13-15-6-4-3-5-7-15/h3-11,14,21H,12-13H2,1-2H3,(H,20,23)(H,22,24)/t14-/m0/s1. The molecule has 6 nitrogen and oxygen atoms in total. The fourth-order valence-electron chi connectivity index (χ4n) is 2.05. The second-order valence-electron chi connectivity index (χ2n) is 5.56. The molecule has 2 rings (SSSR count). The summed E-state index contributed by atoms with van der Waals surface area (Å²) in [6, 6.07) is 16.6. The highest BCUT2D eigenvalue weighted by Crippen LogP contribution is 2.17. The van der Waals surface area contributed by atoms with Gasteiger partial charge >= 0.3 is 0 Å². The van der Waals surface area contributed by atoms with E-state index in [2.05, 4.69) is 16.0 Å². The molecule has 0 heterocycles. The number of hydrogen-bond donors (Lipinski definition) is 3. The van der Waals surface area contributed by atoms with Crippen molar-refractivity contribution in [2.75, 3.05) is 18.9 Å². The van der Waals surface area contributed by atoms with E-state index in [1.165, 1.54) is 0 Å². The van der Waals surface area contributed by atoms with E-state index in [0.717, 1.165) is 11.3 Å². The first-order valence-corrected chi connectivity index (χ1v) is 8.10. The van der Waals surface area contributed by atoms with Crippen molar-refractivity contribution in [3.63, 3.8) is 0 Å². The van der Waals surface area contributed by atoms with Crippen LogP contribution in [-0.4, -0.2) is 31.4 Å². The quantitative estimate of drug-likeness (QED) is 0.685. The Labute approximate surface area is 147 Å². The number of rotatable bonds is 8. The number of carbonyl (C=O) groups is 2. The van der Waals surface area contributed by atoms with Crippen molar-refractivity contribution >= 4 is 17.5 Å². The molecule has 6 heteroatoms. The molecule has 0 radical (unpaired) electrons. The van der Waals surface area contributed by atoms with Gasteiger partial charge in [0.05, 0.1) is 12.6 Å². The van der Waals surface area contributed by atoms with Crippen LogP contribution in [-0.2, 0) is 16.2 Å². The molecule has 0 aliphatic rings. The van der Waals surface area contributed by atoms with Gasteiger partial charge in [-0.15, -0.1) is 0 Å². The molecular formula is C19H23N3O3. The predicted octanol–water partition coefficient (Wildman–Crippen LogP) is 1.93. The van der Waals surface area contributed by atoms with E-state index in [0.29, 0.717) is 12.3 Å². The van der Waals surface area contributed by atoms with Gasteiger partial charge in [0, 0.05) is 12.7 Å². The van der Waals surface area contributed by atoms with E-state index in [1.54, 1.807) is 38.2 Å². The minimum Gasteiger partial charge on any atom is -0.489 e. The smallest absolute Gasteiger partial charge is 0.241 e. The Morgan fingerprint density at radius 3 is 2.36 bits per heavy atom. The maximum absolute atomic E-state index is 12.1. The van der Waals surface area contributed by atoms with Crippen LogP contribution in [0.15, 0.2) is 54.6 Å². The first-order chi connectivity index (χ1) is 12.1. The average Bonchev–Trinajstić information content (AvgIpc) is 2.66. The Bertz CT molecular complexity index is 687. The lowest BCUT2D eigenvalue weighted by Crippen LogP contribution is -2.42. The summed E-state index contributed by atoms with van der Waals surface area (Å²) in [5.41, 5.74) is 1.77. The summed E-state index contributed by atoms with van der Waals surface area (Å²) in [5, 5.41) is 8.14. The van der Waals surface area contributed by atoms with Gasteiger partial charge in [0.2, 0.25) is 11.8 Å². The van der Waals surface area contributed by atoms with Gasteiger partial charge in [-0.05, 0) is 36.8 Å². The summed E-state index contributed by atoms with van der Waals surface area (Å²) in [7, 11) is 1.55. The molecule has 132 valence electrons. The van der Waals surface area contributed by atoms with Crippen molar-refractivity contribution in [1.82, 2.24) is 10.6 Å². The van der Waals surface area contributed by atoms with Crippen LogP contribution in [0.3, 0.4) is 0 Å². The minimum atomic E-state index is -0.480. The monoisotopic (exact) mass is 341 g/mol. The lowest BCUT2D eigenvalue weighted by molar-refractivity contribution is -0.120. The van der Waals surface area contributed by atoms with Crippen LogP contribution in [0.1, 0.15) is 12.5 Å². The number of hydrogen-bond acceptors (Lipinski definition) is 4. The zero-order chi connectivity index (χ0) is 18.1. The first-order valence-electron chi connectivity index (χ1n) is 8.10. The Kier molecular flexibility index (Phi) is 6.98. The van der Waals surface area contributed by atoms with Crippen molar-refractivity contribution in [2.45, 2.75) is 19.6 Å². The van der Waals surface area contributed by atoms with Crippen molar-refractivity contribution in [3.05, 3.63) is 60.2 Å². The number of ether oxygens (including phenoxy) is 1.